The molecule has 0 bridgehead atoms. The van der Waals surface area contributed by atoms with Gasteiger partial charge in [0, 0.05) is 10.5 Å². The summed E-state index contributed by atoms with van der Waals surface area (Å²) >= 11 is 3.42. The first kappa shape index (κ1) is 10.5. The van der Waals surface area contributed by atoms with Crippen LogP contribution >= 0.6 is 15.9 Å². The maximum Gasteiger partial charge on any atom is 0.0181 e. The van der Waals surface area contributed by atoms with E-state index in [9.17, 15) is 0 Å². The topological polar surface area (TPSA) is 26.0 Å². The Morgan fingerprint density at radius 2 is 2.31 bits per heavy atom. The van der Waals surface area contributed by atoms with Crippen LogP contribution in [0.15, 0.2) is 35.3 Å². The molecule has 0 aromatic heterocycles. The van der Waals surface area contributed by atoms with Gasteiger partial charge in [-0.25, -0.2) is 0 Å². The predicted octanol–water partition coefficient (Wildman–Crippen LogP) is 3.20. The van der Waals surface area contributed by atoms with Crippen molar-refractivity contribution >= 4 is 21.5 Å². The molecule has 0 amide bonds. The molecular formula is C11H14BrN. The van der Waals surface area contributed by atoms with Gasteiger partial charge in [0.1, 0.15) is 0 Å². The second-order valence-electron chi connectivity index (χ2n) is 3.30. The van der Waals surface area contributed by atoms with Crippen molar-refractivity contribution < 1.29 is 0 Å². The largest absolute Gasteiger partial charge is 0.328 e. The molecule has 2 heteroatoms. The summed E-state index contributed by atoms with van der Waals surface area (Å²) in [5.74, 6) is 0. The molecule has 2 N–H and O–H groups in total. The van der Waals surface area contributed by atoms with Crippen LogP contribution in [0.4, 0.5) is 0 Å². The monoisotopic (exact) mass is 239 g/mol. The Balaban J connectivity index is 2.77. The van der Waals surface area contributed by atoms with Crippen LogP contribution < -0.4 is 5.73 Å². The number of halogens is 1. The van der Waals surface area contributed by atoms with Crippen LogP contribution in [0.1, 0.15) is 18.9 Å². The van der Waals surface area contributed by atoms with Gasteiger partial charge in [0.2, 0.25) is 0 Å². The van der Waals surface area contributed by atoms with Gasteiger partial charge >= 0.3 is 0 Å². The minimum atomic E-state index is 0.173. The molecule has 1 rings (SSSR count). The number of nitrogens with two attached hydrogens (primary N) is 1. The molecule has 70 valence electrons. The smallest absolute Gasteiger partial charge is 0.0181 e. The molecule has 1 aromatic rings. The summed E-state index contributed by atoms with van der Waals surface area (Å²) < 4.78 is 1.08. The van der Waals surface area contributed by atoms with Gasteiger partial charge in [-0.3, -0.25) is 0 Å². The molecule has 0 radical (unpaired) electrons. The molecule has 1 unspecified atom stereocenters. The number of hydrogen-bond donors (Lipinski definition) is 1. The van der Waals surface area contributed by atoms with Crippen molar-refractivity contribution in [1.82, 2.24) is 0 Å². The van der Waals surface area contributed by atoms with Crippen molar-refractivity contribution in [3.63, 3.8) is 0 Å². The fourth-order valence-corrected chi connectivity index (χ4v) is 1.61. The lowest BCUT2D eigenvalue weighted by Crippen LogP contribution is -2.14. The lowest BCUT2D eigenvalue weighted by atomic mass is 10.0. The summed E-state index contributed by atoms with van der Waals surface area (Å²) in [6, 6.07) is 8.29. The molecule has 0 fully saturated rings. The molecule has 0 aliphatic rings. The Morgan fingerprint density at radius 1 is 1.62 bits per heavy atom. The molecule has 13 heavy (non-hydrogen) atoms. The zero-order valence-corrected chi connectivity index (χ0v) is 9.34. The summed E-state index contributed by atoms with van der Waals surface area (Å²) in [5, 5.41) is 0. The van der Waals surface area contributed by atoms with E-state index in [1.165, 1.54) is 0 Å². The zero-order valence-electron chi connectivity index (χ0n) is 7.76. The fourth-order valence-electron chi connectivity index (χ4n) is 1.21. The molecule has 0 saturated heterocycles. The van der Waals surface area contributed by atoms with Gasteiger partial charge in [-0.15, -0.1) is 0 Å². The van der Waals surface area contributed by atoms with Gasteiger partial charge < -0.3 is 5.73 Å². The highest BCUT2D eigenvalue weighted by Gasteiger charge is 2.01. The summed E-state index contributed by atoms with van der Waals surface area (Å²) in [7, 11) is 0. The molecule has 0 heterocycles. The maximum absolute atomic E-state index is 5.70. The van der Waals surface area contributed by atoms with Gasteiger partial charge in [-0.1, -0.05) is 34.6 Å². The van der Waals surface area contributed by atoms with Gasteiger partial charge in [0.05, 0.1) is 0 Å². The fraction of sp³-hybridized carbons (Fsp3) is 0.273. The third-order valence-corrected chi connectivity index (χ3v) is 2.29. The van der Waals surface area contributed by atoms with Gasteiger partial charge in [0.25, 0.3) is 0 Å². The van der Waals surface area contributed by atoms with Crippen molar-refractivity contribution in [3.05, 3.63) is 40.9 Å². The Labute approximate surface area is 87.8 Å². The quantitative estimate of drug-likeness (QED) is 0.862. The van der Waals surface area contributed by atoms with Crippen LogP contribution in [0.25, 0.3) is 5.57 Å². The number of hydrogen-bond acceptors (Lipinski definition) is 1. The van der Waals surface area contributed by atoms with E-state index in [2.05, 4.69) is 34.6 Å². The minimum absolute atomic E-state index is 0.173. The van der Waals surface area contributed by atoms with E-state index in [1.54, 1.807) is 0 Å². The molecule has 0 aliphatic carbocycles. The van der Waals surface area contributed by atoms with Crippen LogP contribution in [0.5, 0.6) is 0 Å². The van der Waals surface area contributed by atoms with E-state index in [0.29, 0.717) is 0 Å². The minimum Gasteiger partial charge on any atom is -0.328 e. The standard InChI is InChI=1S/C11H14BrN/c1-8(6-9(2)13)10-4-3-5-11(12)7-10/h3-5,7,9H,1,6,13H2,2H3. The second-order valence-corrected chi connectivity index (χ2v) is 4.21. The van der Waals surface area contributed by atoms with Gasteiger partial charge in [-0.05, 0) is 36.6 Å². The summed E-state index contributed by atoms with van der Waals surface area (Å²) in [6.45, 7) is 5.99. The Bertz CT molecular complexity index is 305. The van der Waals surface area contributed by atoms with Crippen LogP contribution in [0.3, 0.4) is 0 Å². The molecule has 1 aromatic carbocycles. The van der Waals surface area contributed by atoms with Crippen molar-refractivity contribution in [1.29, 1.82) is 0 Å². The van der Waals surface area contributed by atoms with E-state index >= 15 is 0 Å². The van der Waals surface area contributed by atoms with Crippen LogP contribution in [-0.4, -0.2) is 6.04 Å². The maximum atomic E-state index is 5.70. The van der Waals surface area contributed by atoms with Gasteiger partial charge in [-0.2, -0.15) is 0 Å². The summed E-state index contributed by atoms with van der Waals surface area (Å²) in [5.41, 5.74) is 7.95. The van der Waals surface area contributed by atoms with E-state index in [-0.39, 0.29) is 6.04 Å². The van der Waals surface area contributed by atoms with E-state index < -0.39 is 0 Å². The first-order chi connectivity index (χ1) is 6.09. The van der Waals surface area contributed by atoms with E-state index in [0.717, 1.165) is 22.0 Å². The highest BCUT2D eigenvalue weighted by molar-refractivity contribution is 9.10. The number of rotatable bonds is 3. The zero-order chi connectivity index (χ0) is 9.84. The SMILES string of the molecule is C=C(CC(C)N)c1cccc(Br)c1. The summed E-state index contributed by atoms with van der Waals surface area (Å²) in [6.07, 6.45) is 0.844. The van der Waals surface area contributed by atoms with Crippen LogP contribution in [-0.2, 0) is 0 Å². The van der Waals surface area contributed by atoms with E-state index in [4.69, 9.17) is 5.73 Å². The summed E-state index contributed by atoms with van der Waals surface area (Å²) in [4.78, 5) is 0. The van der Waals surface area contributed by atoms with Crippen molar-refractivity contribution in [2.24, 2.45) is 5.73 Å². The Kier molecular flexibility index (Phi) is 3.70. The molecular weight excluding hydrogens is 226 g/mol. The molecule has 0 spiro atoms. The second kappa shape index (κ2) is 4.58. The van der Waals surface area contributed by atoms with Crippen molar-refractivity contribution in [2.45, 2.75) is 19.4 Å². The normalized spacial score (nSPS) is 12.5. The molecule has 0 saturated carbocycles. The third-order valence-electron chi connectivity index (χ3n) is 1.80. The van der Waals surface area contributed by atoms with Crippen LogP contribution in [0.2, 0.25) is 0 Å². The molecule has 1 nitrogen and oxygen atoms in total. The van der Waals surface area contributed by atoms with E-state index in [1.807, 2.05) is 19.1 Å². The average molecular weight is 240 g/mol. The molecule has 1 atom stereocenters. The van der Waals surface area contributed by atoms with Gasteiger partial charge in [0.15, 0.2) is 0 Å². The van der Waals surface area contributed by atoms with Crippen molar-refractivity contribution in [2.75, 3.05) is 0 Å². The third kappa shape index (κ3) is 3.33. The average Bonchev–Trinajstić information content (AvgIpc) is 2.03. The predicted molar refractivity (Wildman–Crippen MR) is 61.4 cm³/mol. The highest BCUT2D eigenvalue weighted by atomic mass is 79.9. The lowest BCUT2D eigenvalue weighted by Gasteiger charge is -2.08. The Hall–Kier alpha value is -0.600. The number of benzene rings is 1. The highest BCUT2D eigenvalue weighted by Crippen LogP contribution is 2.20. The molecule has 0 aliphatic heterocycles. The van der Waals surface area contributed by atoms with Crippen LogP contribution in [0, 0.1) is 0 Å². The Morgan fingerprint density at radius 3 is 2.85 bits per heavy atom. The first-order valence-corrected chi connectivity index (χ1v) is 5.08. The lowest BCUT2D eigenvalue weighted by molar-refractivity contribution is 0.768. The van der Waals surface area contributed by atoms with Crippen molar-refractivity contribution in [3.8, 4) is 0 Å². The first-order valence-electron chi connectivity index (χ1n) is 4.29.